The van der Waals surface area contributed by atoms with Crippen LogP contribution in [0.25, 0.3) is 21.9 Å². The number of aromatic amines is 1. The lowest BCUT2D eigenvalue weighted by Gasteiger charge is -2.11. The number of benzene rings is 2. The molecule has 2 aromatic carbocycles. The first-order chi connectivity index (χ1) is 14.0. The molecule has 2 aromatic heterocycles. The lowest BCUT2D eigenvalue weighted by Crippen LogP contribution is -2.29. The number of fused-ring (bicyclic) bond motifs is 2. The molecule has 0 aliphatic rings. The summed E-state index contributed by atoms with van der Waals surface area (Å²) in [5, 5.41) is 3.19. The second-order valence-corrected chi connectivity index (χ2v) is 8.59. The Morgan fingerprint density at radius 2 is 1.86 bits per heavy atom. The van der Waals surface area contributed by atoms with Crippen molar-refractivity contribution in [2.45, 2.75) is 37.7 Å². The van der Waals surface area contributed by atoms with Crippen molar-refractivity contribution in [1.29, 1.82) is 0 Å². The van der Waals surface area contributed by atoms with Gasteiger partial charge in [-0.05, 0) is 28.7 Å². The van der Waals surface area contributed by atoms with Crippen LogP contribution in [0, 0.1) is 5.92 Å². The van der Waals surface area contributed by atoms with Crippen molar-refractivity contribution < 1.29 is 0 Å². The summed E-state index contributed by atoms with van der Waals surface area (Å²) < 4.78 is 3.37. The van der Waals surface area contributed by atoms with Crippen LogP contribution in [0.4, 0.5) is 0 Å². The predicted octanol–water partition coefficient (Wildman–Crippen LogP) is 3.91. The Morgan fingerprint density at radius 3 is 2.66 bits per heavy atom. The molecule has 0 radical (unpaired) electrons. The van der Waals surface area contributed by atoms with E-state index in [0.29, 0.717) is 23.6 Å². The molecule has 0 fully saturated rings. The molecule has 4 aromatic rings. The number of thioether (sulfide) groups is 1. The van der Waals surface area contributed by atoms with Gasteiger partial charge in [0.25, 0.3) is 5.56 Å². The summed E-state index contributed by atoms with van der Waals surface area (Å²) in [5.74, 6) is 1.23. The smallest absolute Gasteiger partial charge is 0.313 e. The van der Waals surface area contributed by atoms with Gasteiger partial charge in [0.1, 0.15) is 0 Å². The van der Waals surface area contributed by atoms with Gasteiger partial charge in [0, 0.05) is 19.3 Å². The van der Waals surface area contributed by atoms with E-state index in [0.717, 1.165) is 17.3 Å². The summed E-state index contributed by atoms with van der Waals surface area (Å²) in [6, 6.07) is 14.6. The Balaban J connectivity index is 1.77. The van der Waals surface area contributed by atoms with E-state index in [1.807, 2.05) is 16.7 Å². The van der Waals surface area contributed by atoms with Crippen LogP contribution >= 0.6 is 11.8 Å². The van der Waals surface area contributed by atoms with E-state index in [9.17, 15) is 9.59 Å². The maximum Gasteiger partial charge on any atom is 0.329 e. The zero-order valence-corrected chi connectivity index (χ0v) is 17.6. The van der Waals surface area contributed by atoms with Crippen molar-refractivity contribution >= 4 is 33.7 Å². The SMILES string of the molecule is CC(C)CCn1c(SCc2cccc3ccccc23)nc2c1c(=O)[nH]c(=O)n2C. The number of imidazole rings is 1. The van der Waals surface area contributed by atoms with E-state index >= 15 is 0 Å². The number of rotatable bonds is 6. The van der Waals surface area contributed by atoms with Crippen LogP contribution in [0.15, 0.2) is 57.2 Å². The Morgan fingerprint density at radius 1 is 1.10 bits per heavy atom. The zero-order valence-electron chi connectivity index (χ0n) is 16.8. The van der Waals surface area contributed by atoms with Crippen molar-refractivity contribution in [3.63, 3.8) is 0 Å². The highest BCUT2D eigenvalue weighted by Gasteiger charge is 2.18. The average Bonchev–Trinajstić information content (AvgIpc) is 3.08. The Bertz CT molecular complexity index is 1290. The third kappa shape index (κ3) is 3.74. The highest BCUT2D eigenvalue weighted by molar-refractivity contribution is 7.98. The Hall–Kier alpha value is -2.80. The van der Waals surface area contributed by atoms with Crippen LogP contribution in [-0.4, -0.2) is 19.1 Å². The molecule has 6 nitrogen and oxygen atoms in total. The Kier molecular flexibility index (Phi) is 5.32. The summed E-state index contributed by atoms with van der Waals surface area (Å²) in [7, 11) is 1.64. The minimum atomic E-state index is -0.443. The van der Waals surface area contributed by atoms with E-state index < -0.39 is 5.69 Å². The number of nitrogens with one attached hydrogen (secondary N) is 1. The second-order valence-electron chi connectivity index (χ2n) is 7.65. The van der Waals surface area contributed by atoms with Crippen LogP contribution in [0.3, 0.4) is 0 Å². The first-order valence-electron chi connectivity index (χ1n) is 9.74. The van der Waals surface area contributed by atoms with Gasteiger partial charge in [0.05, 0.1) is 0 Å². The molecular formula is C22H24N4O2S. The highest BCUT2D eigenvalue weighted by Crippen LogP contribution is 2.29. The average molecular weight is 409 g/mol. The van der Waals surface area contributed by atoms with Crippen LogP contribution < -0.4 is 11.2 Å². The minimum Gasteiger partial charge on any atom is -0.313 e. The molecule has 0 spiro atoms. The van der Waals surface area contributed by atoms with Gasteiger partial charge >= 0.3 is 5.69 Å². The van der Waals surface area contributed by atoms with Crippen molar-refractivity contribution in [3.05, 3.63) is 68.9 Å². The summed E-state index contributed by atoms with van der Waals surface area (Å²) in [6.07, 6.45) is 0.926. The van der Waals surface area contributed by atoms with E-state index in [1.54, 1.807) is 18.8 Å². The fourth-order valence-electron chi connectivity index (χ4n) is 3.48. The lowest BCUT2D eigenvalue weighted by molar-refractivity contribution is 0.503. The van der Waals surface area contributed by atoms with Gasteiger partial charge < -0.3 is 4.57 Å². The molecule has 0 atom stereocenters. The molecule has 2 heterocycles. The van der Waals surface area contributed by atoms with Crippen molar-refractivity contribution in [2.24, 2.45) is 13.0 Å². The largest absolute Gasteiger partial charge is 0.329 e. The standard InChI is InChI=1S/C22H24N4O2S/c1-14(2)11-12-26-18-19(25(3)21(28)24-20(18)27)23-22(26)29-13-16-9-6-8-15-7-4-5-10-17(15)16/h4-10,14H,11-13H2,1-3H3,(H,24,27,28). The Labute approximate surface area is 172 Å². The van der Waals surface area contributed by atoms with Gasteiger partial charge in [-0.1, -0.05) is 68.1 Å². The van der Waals surface area contributed by atoms with Gasteiger partial charge in [0.15, 0.2) is 16.3 Å². The van der Waals surface area contributed by atoms with Crippen LogP contribution in [0.5, 0.6) is 0 Å². The maximum absolute atomic E-state index is 12.5. The number of hydrogen-bond donors (Lipinski definition) is 1. The second kappa shape index (κ2) is 7.91. The van der Waals surface area contributed by atoms with Gasteiger partial charge in [0.2, 0.25) is 0 Å². The molecule has 0 amide bonds. The predicted molar refractivity (Wildman–Crippen MR) is 119 cm³/mol. The maximum atomic E-state index is 12.5. The summed E-state index contributed by atoms with van der Waals surface area (Å²) in [4.78, 5) is 31.6. The molecule has 29 heavy (non-hydrogen) atoms. The molecule has 0 unspecified atom stereocenters. The highest BCUT2D eigenvalue weighted by atomic mass is 32.2. The van der Waals surface area contributed by atoms with Gasteiger partial charge in [-0.15, -0.1) is 0 Å². The first-order valence-corrected chi connectivity index (χ1v) is 10.7. The molecular weight excluding hydrogens is 384 g/mol. The summed E-state index contributed by atoms with van der Waals surface area (Å²) in [6.45, 7) is 5.00. The fourth-order valence-corrected chi connectivity index (χ4v) is 4.51. The minimum absolute atomic E-state index is 0.378. The number of nitrogens with zero attached hydrogens (tertiary/aromatic N) is 3. The van der Waals surface area contributed by atoms with Gasteiger partial charge in [-0.3, -0.25) is 14.3 Å². The topological polar surface area (TPSA) is 72.7 Å². The lowest BCUT2D eigenvalue weighted by atomic mass is 10.1. The zero-order chi connectivity index (χ0) is 20.5. The number of aromatic nitrogens is 4. The summed E-state index contributed by atoms with van der Waals surface area (Å²) in [5.41, 5.74) is 1.30. The molecule has 0 saturated heterocycles. The van der Waals surface area contributed by atoms with E-state index in [2.05, 4.69) is 54.1 Å². The molecule has 1 N–H and O–H groups in total. The third-order valence-electron chi connectivity index (χ3n) is 5.14. The van der Waals surface area contributed by atoms with Crippen LogP contribution in [0.2, 0.25) is 0 Å². The number of aryl methyl sites for hydroxylation is 2. The van der Waals surface area contributed by atoms with Crippen molar-refractivity contribution in [2.75, 3.05) is 0 Å². The third-order valence-corrected chi connectivity index (χ3v) is 6.16. The molecule has 0 bridgehead atoms. The van der Waals surface area contributed by atoms with Crippen molar-refractivity contribution in [3.8, 4) is 0 Å². The van der Waals surface area contributed by atoms with Crippen molar-refractivity contribution in [1.82, 2.24) is 19.1 Å². The van der Waals surface area contributed by atoms with E-state index in [1.165, 1.54) is 20.9 Å². The molecule has 150 valence electrons. The molecule has 0 saturated carbocycles. The first kappa shape index (κ1) is 19.5. The normalized spacial score (nSPS) is 11.7. The number of H-pyrrole nitrogens is 1. The summed E-state index contributed by atoms with van der Waals surface area (Å²) >= 11 is 1.60. The molecule has 0 aliphatic heterocycles. The van der Waals surface area contributed by atoms with Crippen LogP contribution in [-0.2, 0) is 19.3 Å². The molecule has 7 heteroatoms. The van der Waals surface area contributed by atoms with Gasteiger partial charge in [-0.2, -0.15) is 0 Å². The fraction of sp³-hybridized carbons (Fsp3) is 0.318. The van der Waals surface area contributed by atoms with Gasteiger partial charge in [-0.25, -0.2) is 9.78 Å². The van der Waals surface area contributed by atoms with E-state index in [4.69, 9.17) is 0 Å². The number of hydrogen-bond acceptors (Lipinski definition) is 4. The monoisotopic (exact) mass is 408 g/mol. The van der Waals surface area contributed by atoms with E-state index in [-0.39, 0.29) is 5.56 Å². The molecule has 4 rings (SSSR count). The quantitative estimate of drug-likeness (QED) is 0.491. The molecule has 0 aliphatic carbocycles. The van der Waals surface area contributed by atoms with Crippen LogP contribution in [0.1, 0.15) is 25.8 Å².